The molecule has 1 aliphatic heterocycles. The van der Waals surface area contributed by atoms with Crippen molar-refractivity contribution >= 4 is 0 Å². The van der Waals surface area contributed by atoms with Gasteiger partial charge >= 0.3 is 0 Å². The fourth-order valence-corrected chi connectivity index (χ4v) is 8.35. The SMILES string of the molecule is CC1(C)[C@H]2CC[C@]1(C)[C@H](O[C@@H]1O[C@H](COCc3ccccc3)[C@@H](OCc3ccccc3)[C@H](OCc3ccccc3)[C@H]1OCc1ccccc1)C2. The number of ether oxygens (including phenoxy) is 6. The van der Waals surface area contributed by atoms with Gasteiger partial charge in [0.15, 0.2) is 6.29 Å². The van der Waals surface area contributed by atoms with Gasteiger partial charge in [-0.15, -0.1) is 0 Å². The molecule has 0 unspecified atom stereocenters. The van der Waals surface area contributed by atoms with E-state index >= 15 is 0 Å². The van der Waals surface area contributed by atoms with Gasteiger partial charge in [-0.1, -0.05) is 142 Å². The molecule has 1 heterocycles. The summed E-state index contributed by atoms with van der Waals surface area (Å²) in [5, 5.41) is 0. The maximum atomic E-state index is 7.18. The van der Waals surface area contributed by atoms with Crippen LogP contribution in [0.2, 0.25) is 0 Å². The van der Waals surface area contributed by atoms with Crippen molar-refractivity contribution in [3.63, 3.8) is 0 Å². The fraction of sp³-hybridized carbons (Fsp3) is 0.455. The van der Waals surface area contributed by atoms with E-state index in [1.165, 1.54) is 6.42 Å². The van der Waals surface area contributed by atoms with Crippen molar-refractivity contribution in [2.75, 3.05) is 6.61 Å². The summed E-state index contributed by atoms with van der Waals surface area (Å²) in [5.74, 6) is 0.627. The molecule has 3 aliphatic rings. The van der Waals surface area contributed by atoms with Crippen LogP contribution in [0.3, 0.4) is 0 Å². The third kappa shape index (κ3) is 7.76. The lowest BCUT2D eigenvalue weighted by Crippen LogP contribution is -2.62. The van der Waals surface area contributed by atoms with E-state index in [0.717, 1.165) is 35.1 Å². The number of hydrogen-bond donors (Lipinski definition) is 0. The van der Waals surface area contributed by atoms with E-state index in [9.17, 15) is 0 Å². The topological polar surface area (TPSA) is 55.4 Å². The Kier molecular flexibility index (Phi) is 11.1. The number of hydrogen-bond acceptors (Lipinski definition) is 6. The summed E-state index contributed by atoms with van der Waals surface area (Å²) in [6.07, 6.45) is 0.820. The third-order valence-corrected chi connectivity index (χ3v) is 11.9. The first-order chi connectivity index (χ1) is 24.4. The molecule has 2 aliphatic carbocycles. The Labute approximate surface area is 298 Å². The lowest BCUT2D eigenvalue weighted by molar-refractivity contribution is -0.342. The molecule has 2 saturated carbocycles. The molecule has 8 atom stereocenters. The smallest absolute Gasteiger partial charge is 0.187 e. The molecule has 7 rings (SSSR count). The average Bonchev–Trinajstić information content (AvgIpc) is 3.48. The van der Waals surface area contributed by atoms with Gasteiger partial charge in [0.05, 0.1) is 39.1 Å². The predicted octanol–water partition coefficient (Wildman–Crippen LogP) is 8.92. The minimum atomic E-state index is -0.668. The minimum Gasteiger partial charge on any atom is -0.374 e. The average molecular weight is 677 g/mol. The quantitative estimate of drug-likeness (QED) is 0.125. The van der Waals surface area contributed by atoms with Crippen molar-refractivity contribution in [3.05, 3.63) is 144 Å². The van der Waals surface area contributed by atoms with Crippen molar-refractivity contribution in [1.82, 2.24) is 0 Å². The van der Waals surface area contributed by atoms with Gasteiger partial charge in [-0.05, 0) is 58.3 Å². The maximum absolute atomic E-state index is 7.18. The zero-order valence-corrected chi connectivity index (χ0v) is 29.7. The van der Waals surface area contributed by atoms with E-state index in [4.69, 9.17) is 28.4 Å². The highest BCUT2D eigenvalue weighted by Gasteiger charge is 2.63. The monoisotopic (exact) mass is 676 g/mol. The zero-order valence-electron chi connectivity index (χ0n) is 29.7. The molecule has 3 fully saturated rings. The van der Waals surface area contributed by atoms with Crippen LogP contribution in [0.15, 0.2) is 121 Å². The molecule has 50 heavy (non-hydrogen) atoms. The van der Waals surface area contributed by atoms with Crippen molar-refractivity contribution in [2.24, 2.45) is 16.7 Å². The highest BCUT2D eigenvalue weighted by Crippen LogP contribution is 2.66. The number of rotatable bonds is 15. The summed E-state index contributed by atoms with van der Waals surface area (Å²) < 4.78 is 41.2. The molecule has 264 valence electrons. The van der Waals surface area contributed by atoms with Gasteiger partial charge in [0.25, 0.3) is 0 Å². The van der Waals surface area contributed by atoms with E-state index in [1.54, 1.807) is 0 Å². The summed E-state index contributed by atoms with van der Waals surface area (Å²) in [4.78, 5) is 0. The molecule has 0 aromatic heterocycles. The second-order valence-electron chi connectivity index (χ2n) is 15.1. The summed E-state index contributed by atoms with van der Waals surface area (Å²) in [6, 6.07) is 41.0. The Morgan fingerprint density at radius 2 is 1.04 bits per heavy atom. The minimum absolute atomic E-state index is 0.0470. The Bertz CT molecular complexity index is 1600. The predicted molar refractivity (Wildman–Crippen MR) is 194 cm³/mol. The van der Waals surface area contributed by atoms with Crippen molar-refractivity contribution < 1.29 is 28.4 Å². The van der Waals surface area contributed by atoms with Crippen LogP contribution in [0.4, 0.5) is 0 Å². The molecule has 4 aromatic carbocycles. The molecule has 6 nitrogen and oxygen atoms in total. The van der Waals surface area contributed by atoms with Crippen LogP contribution in [0.5, 0.6) is 0 Å². The van der Waals surface area contributed by atoms with Gasteiger partial charge < -0.3 is 28.4 Å². The van der Waals surface area contributed by atoms with Crippen LogP contribution >= 0.6 is 0 Å². The summed E-state index contributed by atoms with van der Waals surface area (Å²) in [6.45, 7) is 9.24. The van der Waals surface area contributed by atoms with Gasteiger partial charge in [0.2, 0.25) is 0 Å². The summed E-state index contributed by atoms with van der Waals surface area (Å²) in [7, 11) is 0. The Morgan fingerprint density at radius 1 is 0.580 bits per heavy atom. The first kappa shape index (κ1) is 35.1. The van der Waals surface area contributed by atoms with E-state index in [2.05, 4.69) is 69.3 Å². The maximum Gasteiger partial charge on any atom is 0.187 e. The fourth-order valence-electron chi connectivity index (χ4n) is 8.35. The Balaban J connectivity index is 1.21. The molecular weight excluding hydrogens is 624 g/mol. The lowest BCUT2D eigenvalue weighted by atomic mass is 9.70. The molecule has 6 heteroatoms. The Hall–Kier alpha value is -3.36. The highest BCUT2D eigenvalue weighted by atomic mass is 16.7. The van der Waals surface area contributed by atoms with Crippen molar-refractivity contribution in [2.45, 2.75) is 103 Å². The van der Waals surface area contributed by atoms with Crippen molar-refractivity contribution in [3.8, 4) is 0 Å². The molecule has 4 aromatic rings. The molecule has 0 amide bonds. The highest BCUT2D eigenvalue weighted by molar-refractivity contribution is 5.17. The zero-order chi connectivity index (χ0) is 34.4. The molecule has 1 saturated heterocycles. The second kappa shape index (κ2) is 15.9. The second-order valence-corrected chi connectivity index (χ2v) is 15.1. The van der Waals surface area contributed by atoms with Crippen LogP contribution < -0.4 is 0 Å². The van der Waals surface area contributed by atoms with Crippen LogP contribution in [0.1, 0.15) is 62.3 Å². The van der Waals surface area contributed by atoms with Crippen LogP contribution in [-0.2, 0) is 54.8 Å². The third-order valence-electron chi connectivity index (χ3n) is 11.9. The van der Waals surface area contributed by atoms with Gasteiger partial charge in [-0.2, -0.15) is 0 Å². The normalized spacial score (nSPS) is 30.0. The van der Waals surface area contributed by atoms with Crippen LogP contribution in [-0.4, -0.2) is 43.4 Å². The molecule has 0 radical (unpaired) electrons. The number of benzene rings is 4. The lowest BCUT2D eigenvalue weighted by Gasteiger charge is -2.48. The van der Waals surface area contributed by atoms with Gasteiger partial charge in [-0.3, -0.25) is 0 Å². The van der Waals surface area contributed by atoms with Gasteiger partial charge in [0.1, 0.15) is 24.4 Å². The first-order valence-electron chi connectivity index (χ1n) is 18.3. The first-order valence-corrected chi connectivity index (χ1v) is 18.3. The number of fused-ring (bicyclic) bond motifs is 2. The van der Waals surface area contributed by atoms with Gasteiger partial charge in [-0.25, -0.2) is 0 Å². The van der Waals surface area contributed by atoms with Gasteiger partial charge in [0, 0.05) is 0 Å². The molecular formula is C44H52O6. The van der Waals surface area contributed by atoms with E-state index < -0.39 is 30.7 Å². The summed E-state index contributed by atoms with van der Waals surface area (Å²) in [5.41, 5.74) is 4.59. The van der Waals surface area contributed by atoms with E-state index in [1.807, 2.05) is 72.8 Å². The molecule has 0 N–H and O–H groups in total. The molecule has 0 spiro atoms. The van der Waals surface area contributed by atoms with Crippen LogP contribution in [0, 0.1) is 16.7 Å². The van der Waals surface area contributed by atoms with Crippen LogP contribution in [0.25, 0.3) is 0 Å². The standard InChI is InChI=1S/C44H52O6/c1-43(2)36-24-25-44(43,3)38(26-36)50-42-41(48-30-35-22-14-7-15-23-35)40(47-29-34-20-12-6-13-21-34)39(46-28-33-18-10-5-11-19-33)37(49-42)31-45-27-32-16-8-4-9-17-32/h4-23,36-42H,24-31H2,1-3H3/t36-,37+,38+,39+,40-,41+,42-,44+/m0/s1. The molecule has 2 bridgehead atoms. The summed E-state index contributed by atoms with van der Waals surface area (Å²) >= 11 is 0. The van der Waals surface area contributed by atoms with E-state index in [-0.39, 0.29) is 16.9 Å². The van der Waals surface area contributed by atoms with Crippen molar-refractivity contribution in [1.29, 1.82) is 0 Å². The Morgan fingerprint density at radius 3 is 1.50 bits per heavy atom. The largest absolute Gasteiger partial charge is 0.374 e. The van der Waals surface area contributed by atoms with E-state index in [0.29, 0.717) is 39.0 Å².